The van der Waals surface area contributed by atoms with E-state index in [9.17, 15) is 14.4 Å². The average molecular weight is 354 g/mol. The van der Waals surface area contributed by atoms with Gasteiger partial charge in [0.05, 0.1) is 21.3 Å². The molecule has 0 fully saturated rings. The Hall–Kier alpha value is -2.97. The summed E-state index contributed by atoms with van der Waals surface area (Å²) in [6.45, 7) is 3.31. The Balaban J connectivity index is 3.16. The van der Waals surface area contributed by atoms with Gasteiger partial charge < -0.3 is 24.7 Å². The molecule has 0 aliphatic heterocycles. The Morgan fingerprint density at radius 1 is 0.960 bits per heavy atom. The van der Waals surface area contributed by atoms with Gasteiger partial charge in [-0.1, -0.05) is 13.8 Å². The van der Waals surface area contributed by atoms with Gasteiger partial charge in [0.1, 0.15) is 11.3 Å². The van der Waals surface area contributed by atoms with Crippen LogP contribution in [0.3, 0.4) is 0 Å². The van der Waals surface area contributed by atoms with E-state index in [0.29, 0.717) is 5.75 Å². The molecule has 3 N–H and O–H groups in total. The maximum Gasteiger partial charge on any atom is 0.342 e. The predicted octanol–water partition coefficient (Wildman–Crippen LogP) is 1.09. The van der Waals surface area contributed by atoms with E-state index >= 15 is 0 Å². The minimum atomic E-state index is -1.21. The number of methoxy groups -OCH3 is 3. The first-order valence-electron chi connectivity index (χ1n) is 7.36. The number of nitrogens with two attached hydrogens (primary N) is 1. The van der Waals surface area contributed by atoms with Crippen molar-refractivity contribution >= 4 is 17.9 Å². The molecule has 1 aromatic rings. The second-order valence-electron chi connectivity index (χ2n) is 5.33. The van der Waals surface area contributed by atoms with Gasteiger partial charge >= 0.3 is 12.0 Å². The average Bonchev–Trinajstić information content (AvgIpc) is 2.56. The molecule has 0 aliphatic rings. The fraction of sp³-hybridized carbons (Fsp3) is 0.438. The Kier molecular flexibility index (Phi) is 7.04. The molecule has 138 valence electrons. The van der Waals surface area contributed by atoms with Crippen molar-refractivity contribution in [3.05, 3.63) is 17.7 Å². The van der Waals surface area contributed by atoms with Crippen LogP contribution in [0.5, 0.6) is 17.2 Å². The summed E-state index contributed by atoms with van der Waals surface area (Å²) in [5, 5.41) is 1.90. The highest BCUT2D eigenvalue weighted by Crippen LogP contribution is 2.35. The number of hydrogen-bond acceptors (Lipinski definition) is 7. The minimum absolute atomic E-state index is 0.0395. The fourth-order valence-electron chi connectivity index (χ4n) is 2.05. The zero-order valence-electron chi connectivity index (χ0n) is 14.7. The van der Waals surface area contributed by atoms with E-state index in [1.54, 1.807) is 13.8 Å². The van der Waals surface area contributed by atoms with Crippen molar-refractivity contribution in [1.29, 1.82) is 0 Å². The van der Waals surface area contributed by atoms with Crippen molar-refractivity contribution in [3.8, 4) is 17.2 Å². The molecule has 0 aromatic heterocycles. The largest absolute Gasteiger partial charge is 0.496 e. The highest BCUT2D eigenvalue weighted by Gasteiger charge is 2.29. The number of ether oxygens (including phenoxy) is 4. The number of urea groups is 1. The van der Waals surface area contributed by atoms with E-state index in [1.165, 1.54) is 33.5 Å². The number of esters is 1. The summed E-state index contributed by atoms with van der Waals surface area (Å²) in [5.74, 6) is -1.19. The third-order valence-electron chi connectivity index (χ3n) is 3.27. The molecule has 25 heavy (non-hydrogen) atoms. The van der Waals surface area contributed by atoms with E-state index in [4.69, 9.17) is 24.7 Å². The lowest BCUT2D eigenvalue weighted by atomic mass is 10.1. The number of primary amides is 1. The number of amides is 3. The van der Waals surface area contributed by atoms with Crippen LogP contribution in [-0.4, -0.2) is 45.3 Å². The number of carbonyl (C=O) groups excluding carboxylic acids is 3. The van der Waals surface area contributed by atoms with Crippen LogP contribution in [0.2, 0.25) is 0 Å². The summed E-state index contributed by atoms with van der Waals surface area (Å²) in [6, 6.07) is 1.81. The van der Waals surface area contributed by atoms with Crippen molar-refractivity contribution in [1.82, 2.24) is 5.32 Å². The first-order valence-corrected chi connectivity index (χ1v) is 7.36. The normalized spacial score (nSPS) is 11.4. The van der Waals surface area contributed by atoms with Crippen LogP contribution in [0.4, 0.5) is 4.79 Å². The Labute approximate surface area is 145 Å². The summed E-state index contributed by atoms with van der Waals surface area (Å²) >= 11 is 0. The zero-order valence-corrected chi connectivity index (χ0v) is 14.7. The molecule has 0 aliphatic carbocycles. The zero-order chi connectivity index (χ0) is 19.1. The second-order valence-corrected chi connectivity index (χ2v) is 5.33. The SMILES string of the molecule is COc1cc(OC)c(C(=O)OC(C(=O)NC(N)=O)C(C)C)cc1OC. The van der Waals surface area contributed by atoms with Crippen LogP contribution in [0, 0.1) is 5.92 Å². The van der Waals surface area contributed by atoms with Crippen LogP contribution in [-0.2, 0) is 9.53 Å². The van der Waals surface area contributed by atoms with Crippen molar-refractivity contribution in [2.24, 2.45) is 11.7 Å². The van der Waals surface area contributed by atoms with Gasteiger partial charge in [-0.25, -0.2) is 9.59 Å². The van der Waals surface area contributed by atoms with Crippen molar-refractivity contribution in [2.75, 3.05) is 21.3 Å². The molecule has 0 bridgehead atoms. The number of benzene rings is 1. The molecule has 0 radical (unpaired) electrons. The molecule has 1 rings (SSSR count). The topological polar surface area (TPSA) is 126 Å². The number of hydrogen-bond donors (Lipinski definition) is 2. The van der Waals surface area contributed by atoms with Gasteiger partial charge in [0.15, 0.2) is 17.6 Å². The number of rotatable bonds is 7. The maximum atomic E-state index is 12.5. The van der Waals surface area contributed by atoms with Crippen LogP contribution < -0.4 is 25.3 Å². The first kappa shape index (κ1) is 20.1. The molecular weight excluding hydrogens is 332 g/mol. The molecule has 9 heteroatoms. The van der Waals surface area contributed by atoms with Crippen LogP contribution in [0.1, 0.15) is 24.2 Å². The van der Waals surface area contributed by atoms with E-state index in [1.807, 2.05) is 5.32 Å². The van der Waals surface area contributed by atoms with Crippen molar-refractivity contribution in [3.63, 3.8) is 0 Å². The molecule has 3 amide bonds. The molecule has 0 saturated carbocycles. The first-order chi connectivity index (χ1) is 11.7. The Bertz CT molecular complexity index is 658. The molecule has 0 saturated heterocycles. The van der Waals surface area contributed by atoms with Gasteiger partial charge in [0.2, 0.25) is 0 Å². The molecule has 1 aromatic carbocycles. The van der Waals surface area contributed by atoms with Gasteiger partial charge in [0, 0.05) is 12.1 Å². The lowest BCUT2D eigenvalue weighted by Gasteiger charge is -2.21. The lowest BCUT2D eigenvalue weighted by Crippen LogP contribution is -2.45. The van der Waals surface area contributed by atoms with E-state index in [0.717, 1.165) is 0 Å². The molecular formula is C16H22N2O7. The smallest absolute Gasteiger partial charge is 0.342 e. The van der Waals surface area contributed by atoms with E-state index < -0.39 is 29.9 Å². The summed E-state index contributed by atoms with van der Waals surface area (Å²) in [5.41, 5.74) is 4.97. The minimum Gasteiger partial charge on any atom is -0.496 e. The van der Waals surface area contributed by atoms with Crippen LogP contribution >= 0.6 is 0 Å². The van der Waals surface area contributed by atoms with Gasteiger partial charge in [0.25, 0.3) is 5.91 Å². The third kappa shape index (κ3) is 5.00. The third-order valence-corrected chi connectivity index (χ3v) is 3.27. The Morgan fingerprint density at radius 3 is 1.92 bits per heavy atom. The van der Waals surface area contributed by atoms with E-state index in [-0.39, 0.29) is 17.1 Å². The Morgan fingerprint density at radius 2 is 1.48 bits per heavy atom. The van der Waals surface area contributed by atoms with Crippen LogP contribution in [0.25, 0.3) is 0 Å². The highest BCUT2D eigenvalue weighted by atomic mass is 16.6. The van der Waals surface area contributed by atoms with E-state index in [2.05, 4.69) is 0 Å². The summed E-state index contributed by atoms with van der Waals surface area (Å²) < 4.78 is 20.7. The summed E-state index contributed by atoms with van der Waals surface area (Å²) in [7, 11) is 4.23. The van der Waals surface area contributed by atoms with Crippen LogP contribution in [0.15, 0.2) is 12.1 Å². The quantitative estimate of drug-likeness (QED) is 0.702. The lowest BCUT2D eigenvalue weighted by molar-refractivity contribution is -0.130. The van der Waals surface area contributed by atoms with Gasteiger partial charge in [-0.2, -0.15) is 0 Å². The summed E-state index contributed by atoms with van der Waals surface area (Å²) in [4.78, 5) is 35.3. The number of nitrogens with one attached hydrogen (secondary N) is 1. The predicted molar refractivity (Wildman–Crippen MR) is 87.9 cm³/mol. The van der Waals surface area contributed by atoms with Gasteiger partial charge in [-0.05, 0) is 5.92 Å². The molecule has 0 heterocycles. The molecule has 1 atom stereocenters. The molecule has 0 spiro atoms. The van der Waals surface area contributed by atoms with Gasteiger partial charge in [-0.15, -0.1) is 0 Å². The highest BCUT2D eigenvalue weighted by molar-refractivity contribution is 5.99. The maximum absolute atomic E-state index is 12.5. The number of carbonyl (C=O) groups is 3. The van der Waals surface area contributed by atoms with Crippen molar-refractivity contribution in [2.45, 2.75) is 20.0 Å². The standard InChI is InChI=1S/C16H22N2O7/c1-8(2)13(14(19)18-16(17)21)25-15(20)9-6-11(23-4)12(24-5)7-10(9)22-3/h6-8,13H,1-5H3,(H3,17,18,19,21). The fourth-order valence-corrected chi connectivity index (χ4v) is 2.05. The van der Waals surface area contributed by atoms with Crippen molar-refractivity contribution < 1.29 is 33.3 Å². The molecule has 1 unspecified atom stereocenters. The number of imide groups is 1. The second kappa shape index (κ2) is 8.76. The summed E-state index contributed by atoms with van der Waals surface area (Å²) in [6.07, 6.45) is -1.21. The van der Waals surface area contributed by atoms with Gasteiger partial charge in [-0.3, -0.25) is 10.1 Å². The monoisotopic (exact) mass is 354 g/mol. The molecule has 9 nitrogen and oxygen atoms in total.